The molecular weight excluding hydrogens is 410 g/mol. The smallest absolute Gasteiger partial charge is 0.293 e. The van der Waals surface area contributed by atoms with E-state index in [4.69, 9.17) is 9.47 Å². The quantitative estimate of drug-likeness (QED) is 0.473. The summed E-state index contributed by atoms with van der Waals surface area (Å²) in [6.07, 6.45) is 3.45. The maximum atomic E-state index is 13.0. The van der Waals surface area contributed by atoms with Gasteiger partial charge in [0.25, 0.3) is 11.6 Å². The monoisotopic (exact) mass is 439 g/mol. The van der Waals surface area contributed by atoms with Crippen LogP contribution in [-0.2, 0) is 0 Å². The summed E-state index contributed by atoms with van der Waals surface area (Å²) in [6, 6.07) is 12.5. The van der Waals surface area contributed by atoms with Crippen molar-refractivity contribution in [1.82, 2.24) is 4.90 Å². The van der Waals surface area contributed by atoms with Gasteiger partial charge in [0.2, 0.25) is 0 Å². The second kappa shape index (κ2) is 9.89. The minimum Gasteiger partial charge on any atom is -0.490 e. The van der Waals surface area contributed by atoms with Gasteiger partial charge in [-0.15, -0.1) is 0 Å². The Labute approximate surface area is 187 Å². The molecule has 2 aliphatic rings. The number of likely N-dealkylation sites (tertiary alicyclic amines) is 1. The topological polar surface area (TPSA) is 85.2 Å². The van der Waals surface area contributed by atoms with Crippen molar-refractivity contribution in [2.45, 2.75) is 38.7 Å². The molecule has 2 saturated heterocycles. The highest BCUT2D eigenvalue weighted by molar-refractivity contribution is 5.96. The van der Waals surface area contributed by atoms with Crippen LogP contribution in [0, 0.1) is 10.1 Å². The van der Waals surface area contributed by atoms with Gasteiger partial charge in [0.1, 0.15) is 11.8 Å². The Morgan fingerprint density at radius 2 is 1.75 bits per heavy atom. The van der Waals surface area contributed by atoms with Gasteiger partial charge in [0, 0.05) is 50.7 Å². The lowest BCUT2D eigenvalue weighted by Crippen LogP contribution is -2.41. The predicted molar refractivity (Wildman–Crippen MR) is 122 cm³/mol. The van der Waals surface area contributed by atoms with E-state index in [2.05, 4.69) is 0 Å². The number of anilines is 1. The van der Waals surface area contributed by atoms with Crippen LogP contribution in [0.1, 0.15) is 43.0 Å². The van der Waals surface area contributed by atoms with Crippen LogP contribution in [0.4, 0.5) is 11.4 Å². The van der Waals surface area contributed by atoms with Gasteiger partial charge in [0.15, 0.2) is 11.5 Å². The second-order valence-corrected chi connectivity index (χ2v) is 8.14. The number of carbonyl (C=O) groups is 1. The van der Waals surface area contributed by atoms with E-state index in [1.807, 2.05) is 36.1 Å². The normalized spacial score (nSPS) is 16.8. The third-order valence-electron chi connectivity index (χ3n) is 6.04. The van der Waals surface area contributed by atoms with E-state index in [-0.39, 0.29) is 22.6 Å². The van der Waals surface area contributed by atoms with Crippen molar-refractivity contribution in [3.8, 4) is 11.5 Å². The number of para-hydroxylation sites is 2. The van der Waals surface area contributed by atoms with E-state index in [0.29, 0.717) is 49.5 Å². The van der Waals surface area contributed by atoms with Crippen LogP contribution < -0.4 is 14.4 Å². The molecule has 2 heterocycles. The molecule has 32 heavy (non-hydrogen) atoms. The molecule has 8 heteroatoms. The number of amides is 1. The summed E-state index contributed by atoms with van der Waals surface area (Å²) in [5.41, 5.74) is 0.966. The van der Waals surface area contributed by atoms with Gasteiger partial charge < -0.3 is 19.3 Å². The minimum atomic E-state index is -0.389. The number of rotatable bonds is 7. The molecule has 0 atom stereocenters. The fraction of sp³-hybridized carbons (Fsp3) is 0.458. The third kappa shape index (κ3) is 4.79. The molecule has 170 valence electrons. The zero-order valence-corrected chi connectivity index (χ0v) is 18.4. The lowest BCUT2D eigenvalue weighted by molar-refractivity contribution is -0.384. The first-order chi connectivity index (χ1) is 15.6. The van der Waals surface area contributed by atoms with E-state index < -0.39 is 0 Å². The molecule has 1 amide bonds. The van der Waals surface area contributed by atoms with Crippen LogP contribution in [0.2, 0.25) is 0 Å². The number of nitrogens with zero attached hydrogens (tertiary/aromatic N) is 3. The van der Waals surface area contributed by atoms with Crippen molar-refractivity contribution in [2.75, 3.05) is 37.7 Å². The first kappa shape index (κ1) is 21.9. The average Bonchev–Trinajstić information content (AvgIpc) is 3.35. The Hall–Kier alpha value is -3.29. The molecule has 0 aromatic heterocycles. The summed E-state index contributed by atoms with van der Waals surface area (Å²) >= 11 is 0. The molecule has 0 spiro atoms. The Kier molecular flexibility index (Phi) is 6.78. The van der Waals surface area contributed by atoms with Gasteiger partial charge in [0.05, 0.1) is 11.5 Å². The number of nitro benzene ring substituents is 1. The number of nitro groups is 1. The van der Waals surface area contributed by atoms with Crippen molar-refractivity contribution >= 4 is 17.3 Å². The molecule has 2 aromatic carbocycles. The summed E-state index contributed by atoms with van der Waals surface area (Å²) in [5, 5.41) is 11.6. The van der Waals surface area contributed by atoms with E-state index in [1.54, 1.807) is 17.0 Å². The van der Waals surface area contributed by atoms with Crippen LogP contribution in [-0.4, -0.2) is 54.6 Å². The molecule has 0 N–H and O–H groups in total. The Balaban J connectivity index is 1.40. The van der Waals surface area contributed by atoms with Gasteiger partial charge in [-0.3, -0.25) is 14.9 Å². The Morgan fingerprint density at radius 3 is 2.41 bits per heavy atom. The summed E-state index contributed by atoms with van der Waals surface area (Å²) < 4.78 is 11.8. The molecule has 2 aliphatic heterocycles. The molecular formula is C24H29N3O5. The Morgan fingerprint density at radius 1 is 1.06 bits per heavy atom. The predicted octanol–water partition coefficient (Wildman–Crippen LogP) is 4.28. The molecule has 4 rings (SSSR count). The molecule has 0 saturated carbocycles. The number of benzene rings is 2. The van der Waals surface area contributed by atoms with Gasteiger partial charge in [-0.1, -0.05) is 12.1 Å². The van der Waals surface area contributed by atoms with Crippen molar-refractivity contribution in [2.24, 2.45) is 0 Å². The van der Waals surface area contributed by atoms with Crippen LogP contribution in [0.15, 0.2) is 42.5 Å². The van der Waals surface area contributed by atoms with Crippen molar-refractivity contribution in [1.29, 1.82) is 0 Å². The van der Waals surface area contributed by atoms with Crippen LogP contribution in [0.5, 0.6) is 11.5 Å². The SMILES string of the molecule is CCOc1ccccc1OC1CCN(C(=O)c2ccc(N3CCCC3)c([N+](=O)[O-])c2)CC1. The first-order valence-corrected chi connectivity index (χ1v) is 11.3. The molecule has 2 fully saturated rings. The third-order valence-corrected chi connectivity index (χ3v) is 6.04. The highest BCUT2D eigenvalue weighted by Crippen LogP contribution is 2.33. The van der Waals surface area contributed by atoms with Crippen molar-refractivity contribution in [3.63, 3.8) is 0 Å². The van der Waals surface area contributed by atoms with Gasteiger partial charge in [-0.2, -0.15) is 0 Å². The number of hydrogen-bond donors (Lipinski definition) is 0. The highest BCUT2D eigenvalue weighted by Gasteiger charge is 2.28. The zero-order valence-electron chi connectivity index (χ0n) is 18.4. The molecule has 2 aromatic rings. The van der Waals surface area contributed by atoms with E-state index >= 15 is 0 Å². The summed E-state index contributed by atoms with van der Waals surface area (Å²) in [7, 11) is 0. The summed E-state index contributed by atoms with van der Waals surface area (Å²) in [4.78, 5) is 28.1. The number of ether oxygens (including phenoxy) is 2. The minimum absolute atomic E-state index is 0.00324. The van der Waals surface area contributed by atoms with Crippen molar-refractivity contribution in [3.05, 3.63) is 58.1 Å². The van der Waals surface area contributed by atoms with Gasteiger partial charge in [-0.05, 0) is 44.0 Å². The van der Waals surface area contributed by atoms with Crippen LogP contribution in [0.25, 0.3) is 0 Å². The second-order valence-electron chi connectivity index (χ2n) is 8.14. The molecule has 8 nitrogen and oxygen atoms in total. The first-order valence-electron chi connectivity index (χ1n) is 11.3. The largest absolute Gasteiger partial charge is 0.490 e. The van der Waals surface area contributed by atoms with Crippen molar-refractivity contribution < 1.29 is 19.2 Å². The molecule has 0 aliphatic carbocycles. The summed E-state index contributed by atoms with van der Waals surface area (Å²) in [6.45, 7) is 5.21. The number of piperidine rings is 1. The van der Waals surface area contributed by atoms with E-state index in [0.717, 1.165) is 31.7 Å². The fourth-order valence-corrected chi connectivity index (χ4v) is 4.39. The average molecular weight is 440 g/mol. The fourth-order valence-electron chi connectivity index (χ4n) is 4.39. The molecule has 0 unspecified atom stereocenters. The number of hydrogen-bond acceptors (Lipinski definition) is 6. The lowest BCUT2D eigenvalue weighted by Gasteiger charge is -2.32. The molecule has 0 radical (unpaired) electrons. The summed E-state index contributed by atoms with van der Waals surface area (Å²) in [5.74, 6) is 1.26. The van der Waals surface area contributed by atoms with Crippen LogP contribution >= 0.6 is 0 Å². The lowest BCUT2D eigenvalue weighted by atomic mass is 10.1. The van der Waals surface area contributed by atoms with E-state index in [1.165, 1.54) is 6.07 Å². The van der Waals surface area contributed by atoms with Gasteiger partial charge in [-0.25, -0.2) is 0 Å². The maximum Gasteiger partial charge on any atom is 0.293 e. The van der Waals surface area contributed by atoms with Gasteiger partial charge >= 0.3 is 0 Å². The number of carbonyl (C=O) groups excluding carboxylic acids is 1. The molecule has 0 bridgehead atoms. The Bertz CT molecular complexity index is 966. The maximum absolute atomic E-state index is 13.0. The standard InChI is InChI=1S/C24H29N3O5/c1-2-31-22-7-3-4-8-23(22)32-19-11-15-26(16-12-19)24(28)18-9-10-20(21(17-18)27(29)30)25-13-5-6-14-25/h3-4,7-10,17,19H,2,5-6,11-16H2,1H3. The zero-order chi connectivity index (χ0) is 22.5. The van der Waals surface area contributed by atoms with Crippen LogP contribution in [0.3, 0.4) is 0 Å². The van der Waals surface area contributed by atoms with E-state index in [9.17, 15) is 14.9 Å². The highest BCUT2D eigenvalue weighted by atomic mass is 16.6.